The fraction of sp³-hybridized carbons (Fsp3) is 0.211. The van der Waals surface area contributed by atoms with Crippen LogP contribution < -0.4 is 5.32 Å². The van der Waals surface area contributed by atoms with Gasteiger partial charge in [0.25, 0.3) is 0 Å². The number of esters is 1. The van der Waals surface area contributed by atoms with Gasteiger partial charge in [0.2, 0.25) is 0 Å². The molecular weight excluding hydrogens is 290 g/mol. The first-order chi connectivity index (χ1) is 11.2. The highest BCUT2D eigenvalue weighted by molar-refractivity contribution is 6.05. The fourth-order valence-corrected chi connectivity index (χ4v) is 2.59. The molecule has 0 aliphatic rings. The number of carbonyl (C=O) groups excluding carboxylic acids is 1. The van der Waals surface area contributed by atoms with Crippen LogP contribution in [0, 0.1) is 6.92 Å². The molecule has 1 aromatic heterocycles. The van der Waals surface area contributed by atoms with Gasteiger partial charge in [0.15, 0.2) is 0 Å². The van der Waals surface area contributed by atoms with Crippen molar-refractivity contribution in [3.8, 4) is 0 Å². The summed E-state index contributed by atoms with van der Waals surface area (Å²) in [5, 5.41) is 4.14. The van der Waals surface area contributed by atoms with Gasteiger partial charge in [0.1, 0.15) is 16.9 Å². The first-order valence-corrected chi connectivity index (χ1v) is 7.67. The average Bonchev–Trinajstić information content (AvgIpc) is 2.89. The van der Waals surface area contributed by atoms with Crippen LogP contribution in [0.5, 0.6) is 0 Å². The minimum absolute atomic E-state index is 0.344. The van der Waals surface area contributed by atoms with Gasteiger partial charge in [-0.1, -0.05) is 30.3 Å². The highest BCUT2D eigenvalue weighted by Gasteiger charge is 2.19. The summed E-state index contributed by atoms with van der Waals surface area (Å²) in [6.45, 7) is 4.64. The van der Waals surface area contributed by atoms with Crippen molar-refractivity contribution in [1.82, 2.24) is 0 Å². The molecule has 118 valence electrons. The summed E-state index contributed by atoms with van der Waals surface area (Å²) >= 11 is 0. The monoisotopic (exact) mass is 309 g/mol. The van der Waals surface area contributed by atoms with Crippen molar-refractivity contribution < 1.29 is 13.9 Å². The van der Waals surface area contributed by atoms with Crippen LogP contribution in [0.4, 0.5) is 5.69 Å². The van der Waals surface area contributed by atoms with Crippen LogP contribution in [0.2, 0.25) is 0 Å². The van der Waals surface area contributed by atoms with Gasteiger partial charge >= 0.3 is 5.97 Å². The summed E-state index contributed by atoms with van der Waals surface area (Å²) in [5.41, 5.74) is 3.33. The third-order valence-corrected chi connectivity index (χ3v) is 3.68. The summed E-state index contributed by atoms with van der Waals surface area (Å²) in [7, 11) is 0. The molecule has 0 aliphatic carbocycles. The van der Waals surface area contributed by atoms with Gasteiger partial charge in [-0.3, -0.25) is 0 Å². The second kappa shape index (κ2) is 6.57. The summed E-state index contributed by atoms with van der Waals surface area (Å²) in [6, 6.07) is 15.9. The first kappa shape index (κ1) is 15.2. The second-order valence-corrected chi connectivity index (χ2v) is 5.30. The maximum atomic E-state index is 12.1. The van der Waals surface area contributed by atoms with Gasteiger partial charge in [-0.15, -0.1) is 0 Å². The number of furan rings is 1. The number of ether oxygens (including phenoxy) is 1. The molecule has 3 aromatic rings. The molecular formula is C19H19NO3. The van der Waals surface area contributed by atoms with E-state index >= 15 is 0 Å². The normalized spacial score (nSPS) is 10.7. The Balaban J connectivity index is 1.88. The van der Waals surface area contributed by atoms with Gasteiger partial charge in [-0.05, 0) is 37.6 Å². The molecule has 0 amide bonds. The van der Waals surface area contributed by atoms with E-state index in [0.29, 0.717) is 23.5 Å². The molecule has 4 heteroatoms. The van der Waals surface area contributed by atoms with E-state index in [0.717, 1.165) is 17.6 Å². The molecule has 1 heterocycles. The lowest BCUT2D eigenvalue weighted by Gasteiger charge is -2.07. The molecule has 0 aliphatic heterocycles. The van der Waals surface area contributed by atoms with Crippen molar-refractivity contribution in [2.24, 2.45) is 0 Å². The van der Waals surface area contributed by atoms with Crippen molar-refractivity contribution in [1.29, 1.82) is 0 Å². The Kier molecular flexibility index (Phi) is 4.33. The SMILES string of the molecule is CCOC(=O)c1c(C)oc2ccc(NCc3ccccc3)cc12. The standard InChI is InChI=1S/C19H19NO3/c1-3-22-19(21)18-13(2)23-17-10-9-15(11-16(17)18)20-12-14-7-5-4-6-8-14/h4-11,20H,3,12H2,1-2H3. The van der Waals surface area contributed by atoms with E-state index in [9.17, 15) is 4.79 Å². The lowest BCUT2D eigenvalue weighted by molar-refractivity contribution is 0.0526. The molecule has 1 N–H and O–H groups in total. The maximum Gasteiger partial charge on any atom is 0.342 e. The predicted octanol–water partition coefficient (Wildman–Crippen LogP) is 4.53. The van der Waals surface area contributed by atoms with E-state index in [4.69, 9.17) is 9.15 Å². The summed E-state index contributed by atoms with van der Waals surface area (Å²) < 4.78 is 10.8. The first-order valence-electron chi connectivity index (χ1n) is 7.67. The second-order valence-electron chi connectivity index (χ2n) is 5.30. The predicted molar refractivity (Wildman–Crippen MR) is 90.7 cm³/mol. The van der Waals surface area contributed by atoms with Crippen molar-refractivity contribution in [2.45, 2.75) is 20.4 Å². The number of benzene rings is 2. The third-order valence-electron chi connectivity index (χ3n) is 3.68. The van der Waals surface area contributed by atoms with E-state index in [1.54, 1.807) is 13.8 Å². The highest BCUT2D eigenvalue weighted by atomic mass is 16.5. The van der Waals surface area contributed by atoms with Crippen molar-refractivity contribution >= 4 is 22.6 Å². The number of rotatable bonds is 5. The summed E-state index contributed by atoms with van der Waals surface area (Å²) in [6.07, 6.45) is 0. The lowest BCUT2D eigenvalue weighted by Crippen LogP contribution is -2.05. The molecule has 0 saturated carbocycles. The molecule has 0 unspecified atom stereocenters. The lowest BCUT2D eigenvalue weighted by atomic mass is 10.1. The minimum Gasteiger partial charge on any atom is -0.462 e. The molecule has 3 rings (SSSR count). The molecule has 0 atom stereocenters. The summed E-state index contributed by atoms with van der Waals surface area (Å²) in [5.74, 6) is 0.239. The zero-order valence-electron chi connectivity index (χ0n) is 13.3. The Hall–Kier alpha value is -2.75. The van der Waals surface area contributed by atoms with E-state index in [1.165, 1.54) is 5.56 Å². The molecule has 0 fully saturated rings. The molecule has 0 radical (unpaired) electrons. The Morgan fingerprint density at radius 2 is 1.96 bits per heavy atom. The fourth-order valence-electron chi connectivity index (χ4n) is 2.59. The van der Waals surface area contributed by atoms with Gasteiger partial charge in [0.05, 0.1) is 6.61 Å². The smallest absolute Gasteiger partial charge is 0.342 e. The number of carbonyl (C=O) groups is 1. The minimum atomic E-state index is -0.344. The van der Waals surface area contributed by atoms with Crippen LogP contribution in [-0.4, -0.2) is 12.6 Å². The number of anilines is 1. The average molecular weight is 309 g/mol. The Morgan fingerprint density at radius 3 is 2.70 bits per heavy atom. The van der Waals surface area contributed by atoms with E-state index in [2.05, 4.69) is 17.4 Å². The molecule has 0 bridgehead atoms. The third kappa shape index (κ3) is 3.21. The number of fused-ring (bicyclic) bond motifs is 1. The van der Waals surface area contributed by atoms with Gasteiger partial charge in [-0.2, -0.15) is 0 Å². The zero-order valence-corrected chi connectivity index (χ0v) is 13.3. The molecule has 0 saturated heterocycles. The van der Waals surface area contributed by atoms with Crippen LogP contribution in [0.3, 0.4) is 0 Å². The van der Waals surface area contributed by atoms with Gasteiger partial charge in [0, 0.05) is 17.6 Å². The van der Waals surface area contributed by atoms with Crippen molar-refractivity contribution in [2.75, 3.05) is 11.9 Å². The number of hydrogen-bond acceptors (Lipinski definition) is 4. The van der Waals surface area contributed by atoms with Crippen LogP contribution in [0.15, 0.2) is 52.9 Å². The van der Waals surface area contributed by atoms with Gasteiger partial charge in [-0.25, -0.2) is 4.79 Å². The molecule has 23 heavy (non-hydrogen) atoms. The Morgan fingerprint density at radius 1 is 1.17 bits per heavy atom. The van der Waals surface area contributed by atoms with Crippen LogP contribution >= 0.6 is 0 Å². The van der Waals surface area contributed by atoms with Crippen LogP contribution in [0.1, 0.15) is 28.6 Å². The molecule has 0 spiro atoms. The van der Waals surface area contributed by atoms with Crippen molar-refractivity contribution in [3.05, 3.63) is 65.4 Å². The van der Waals surface area contributed by atoms with E-state index < -0.39 is 0 Å². The van der Waals surface area contributed by atoms with E-state index in [-0.39, 0.29) is 5.97 Å². The maximum absolute atomic E-state index is 12.1. The van der Waals surface area contributed by atoms with Crippen molar-refractivity contribution in [3.63, 3.8) is 0 Å². The van der Waals surface area contributed by atoms with Gasteiger partial charge < -0.3 is 14.5 Å². The summed E-state index contributed by atoms with van der Waals surface area (Å²) in [4.78, 5) is 12.1. The largest absolute Gasteiger partial charge is 0.462 e. The molecule has 2 aromatic carbocycles. The number of hydrogen-bond donors (Lipinski definition) is 1. The zero-order chi connectivity index (χ0) is 16.2. The van der Waals surface area contributed by atoms with Crippen LogP contribution in [-0.2, 0) is 11.3 Å². The van der Waals surface area contributed by atoms with Crippen LogP contribution in [0.25, 0.3) is 11.0 Å². The molecule has 4 nitrogen and oxygen atoms in total. The highest BCUT2D eigenvalue weighted by Crippen LogP contribution is 2.29. The quantitative estimate of drug-likeness (QED) is 0.703. The number of aryl methyl sites for hydroxylation is 1. The topological polar surface area (TPSA) is 51.5 Å². The Labute approximate surface area is 135 Å². The number of nitrogens with one attached hydrogen (secondary N) is 1. The Bertz CT molecular complexity index is 821. The van der Waals surface area contributed by atoms with E-state index in [1.807, 2.05) is 36.4 Å².